The molecule has 0 fully saturated rings. The van der Waals surface area contributed by atoms with E-state index >= 15 is 0 Å². The van der Waals surface area contributed by atoms with E-state index in [2.05, 4.69) is 79.9 Å². The molecular weight excluding hydrogens is 573 g/mol. The first-order chi connectivity index (χ1) is 23.2. The van der Waals surface area contributed by atoms with Crippen LogP contribution in [0, 0.1) is 0 Å². The van der Waals surface area contributed by atoms with Crippen LogP contribution in [-0.4, -0.2) is 19.5 Å². The standard InChI is InChI=1S/C43H42N4/c1-4-7-15-30-21-26-39-37(27-30)38-29-31(16-8-5-2)28-36(40(38)47(39)6-3)32-22-24-35(25-23-32)43-45-41(33-17-11-9-12-18-33)44-42(46-43)34-19-13-10-14-20-34/h9-14,17-29H,4-8,15-16H2,1-3H3. The Hall–Kier alpha value is -5.09. The molecule has 4 nitrogen and oxygen atoms in total. The summed E-state index contributed by atoms with van der Waals surface area (Å²) in [4.78, 5) is 14.8. The molecule has 0 aliphatic heterocycles. The lowest BCUT2D eigenvalue weighted by Gasteiger charge is -2.13. The summed E-state index contributed by atoms with van der Waals surface area (Å²) in [5.41, 5.74) is 10.9. The van der Waals surface area contributed by atoms with E-state index in [-0.39, 0.29) is 0 Å². The molecule has 0 unspecified atom stereocenters. The third-order valence-electron chi connectivity index (χ3n) is 9.19. The summed E-state index contributed by atoms with van der Waals surface area (Å²) >= 11 is 0. The molecule has 0 saturated heterocycles. The minimum absolute atomic E-state index is 0.674. The minimum Gasteiger partial charge on any atom is -0.340 e. The molecule has 0 atom stereocenters. The number of aromatic nitrogens is 4. The molecule has 0 bridgehead atoms. The van der Waals surface area contributed by atoms with E-state index in [9.17, 15) is 0 Å². The van der Waals surface area contributed by atoms with E-state index in [1.54, 1.807) is 0 Å². The van der Waals surface area contributed by atoms with Crippen molar-refractivity contribution in [3.05, 3.63) is 126 Å². The van der Waals surface area contributed by atoms with Crippen molar-refractivity contribution in [2.24, 2.45) is 0 Å². The van der Waals surface area contributed by atoms with Gasteiger partial charge in [-0.3, -0.25) is 0 Å². The molecule has 4 heteroatoms. The van der Waals surface area contributed by atoms with Crippen LogP contribution >= 0.6 is 0 Å². The number of hydrogen-bond acceptors (Lipinski definition) is 3. The molecular formula is C43H42N4. The Morgan fingerprint density at radius 1 is 0.489 bits per heavy atom. The van der Waals surface area contributed by atoms with Gasteiger partial charge in [-0.2, -0.15) is 0 Å². The number of nitrogens with zero attached hydrogens (tertiary/aromatic N) is 4. The average molecular weight is 615 g/mol. The van der Waals surface area contributed by atoms with Crippen molar-refractivity contribution in [1.29, 1.82) is 0 Å². The fourth-order valence-corrected chi connectivity index (χ4v) is 6.69. The molecule has 7 rings (SSSR count). The molecule has 5 aromatic carbocycles. The van der Waals surface area contributed by atoms with Gasteiger partial charge < -0.3 is 4.57 Å². The van der Waals surface area contributed by atoms with Crippen molar-refractivity contribution < 1.29 is 0 Å². The van der Waals surface area contributed by atoms with Crippen molar-refractivity contribution >= 4 is 21.8 Å². The molecule has 0 aliphatic rings. The van der Waals surface area contributed by atoms with Gasteiger partial charge in [0.1, 0.15) is 0 Å². The largest absolute Gasteiger partial charge is 0.340 e. The van der Waals surface area contributed by atoms with Gasteiger partial charge in [-0.1, -0.05) is 118 Å². The Kier molecular flexibility index (Phi) is 8.92. The van der Waals surface area contributed by atoms with Gasteiger partial charge in [-0.15, -0.1) is 0 Å². The van der Waals surface area contributed by atoms with E-state index in [4.69, 9.17) is 15.0 Å². The molecule has 0 aliphatic carbocycles. The highest BCUT2D eigenvalue weighted by Crippen LogP contribution is 2.39. The number of rotatable bonds is 11. The first kappa shape index (κ1) is 30.6. The summed E-state index contributed by atoms with van der Waals surface area (Å²) in [6, 6.07) is 41.1. The summed E-state index contributed by atoms with van der Waals surface area (Å²) in [6.45, 7) is 7.72. The van der Waals surface area contributed by atoms with Gasteiger partial charge in [0, 0.05) is 45.1 Å². The smallest absolute Gasteiger partial charge is 0.164 e. The van der Waals surface area contributed by atoms with Crippen LogP contribution in [0.25, 0.3) is 67.1 Å². The van der Waals surface area contributed by atoms with E-state index in [1.807, 2.05) is 60.7 Å². The molecule has 2 heterocycles. The zero-order chi connectivity index (χ0) is 32.2. The Balaban J connectivity index is 1.36. The van der Waals surface area contributed by atoms with Gasteiger partial charge in [-0.25, -0.2) is 15.0 Å². The highest BCUT2D eigenvalue weighted by molar-refractivity contribution is 6.13. The molecule has 47 heavy (non-hydrogen) atoms. The lowest BCUT2D eigenvalue weighted by molar-refractivity contribution is 0.794. The number of unbranched alkanes of at least 4 members (excludes halogenated alkanes) is 2. The first-order valence-corrected chi connectivity index (χ1v) is 17.2. The van der Waals surface area contributed by atoms with Crippen molar-refractivity contribution in [2.75, 3.05) is 0 Å². The molecule has 0 saturated carbocycles. The van der Waals surface area contributed by atoms with Gasteiger partial charge in [0.05, 0.1) is 5.52 Å². The predicted octanol–water partition coefficient (Wildman–Crippen LogP) is 11.4. The van der Waals surface area contributed by atoms with Crippen LogP contribution in [0.2, 0.25) is 0 Å². The summed E-state index contributed by atoms with van der Waals surface area (Å²) in [7, 11) is 0. The molecule has 0 amide bonds. The van der Waals surface area contributed by atoms with Crippen molar-refractivity contribution in [1.82, 2.24) is 19.5 Å². The number of hydrogen-bond donors (Lipinski definition) is 0. The Labute approximate surface area is 278 Å². The zero-order valence-electron chi connectivity index (χ0n) is 27.7. The Morgan fingerprint density at radius 2 is 1.00 bits per heavy atom. The van der Waals surface area contributed by atoms with Gasteiger partial charge in [0.2, 0.25) is 0 Å². The second-order valence-corrected chi connectivity index (χ2v) is 12.5. The lowest BCUT2D eigenvalue weighted by atomic mass is 9.95. The van der Waals surface area contributed by atoms with E-state index in [1.165, 1.54) is 69.7 Å². The van der Waals surface area contributed by atoms with Crippen molar-refractivity contribution in [3.63, 3.8) is 0 Å². The average Bonchev–Trinajstić information content (AvgIpc) is 3.46. The molecule has 234 valence electrons. The molecule has 0 radical (unpaired) electrons. The number of aryl methyl sites for hydroxylation is 3. The number of fused-ring (bicyclic) bond motifs is 3. The summed E-state index contributed by atoms with van der Waals surface area (Å²) in [5, 5.41) is 2.74. The summed E-state index contributed by atoms with van der Waals surface area (Å²) in [6.07, 6.45) is 7.01. The van der Waals surface area contributed by atoms with Gasteiger partial charge in [-0.05, 0) is 73.6 Å². The predicted molar refractivity (Wildman–Crippen MR) is 197 cm³/mol. The van der Waals surface area contributed by atoms with E-state index < -0.39 is 0 Å². The third-order valence-corrected chi connectivity index (χ3v) is 9.19. The maximum Gasteiger partial charge on any atom is 0.164 e. The van der Waals surface area contributed by atoms with Crippen LogP contribution in [0.4, 0.5) is 0 Å². The van der Waals surface area contributed by atoms with Crippen LogP contribution in [0.3, 0.4) is 0 Å². The minimum atomic E-state index is 0.674. The van der Waals surface area contributed by atoms with Crippen LogP contribution in [0.1, 0.15) is 57.6 Å². The quantitative estimate of drug-likeness (QED) is 0.146. The summed E-state index contributed by atoms with van der Waals surface area (Å²) < 4.78 is 2.51. The lowest BCUT2D eigenvalue weighted by Crippen LogP contribution is -2.00. The second-order valence-electron chi connectivity index (χ2n) is 12.5. The topological polar surface area (TPSA) is 43.6 Å². The van der Waals surface area contributed by atoms with E-state index in [0.29, 0.717) is 17.5 Å². The van der Waals surface area contributed by atoms with Gasteiger partial charge in [0.25, 0.3) is 0 Å². The second kappa shape index (κ2) is 13.7. The zero-order valence-corrected chi connectivity index (χ0v) is 27.7. The SMILES string of the molecule is CCCCc1ccc2c(c1)c1cc(CCCC)cc(-c3ccc(-c4nc(-c5ccccc5)nc(-c5ccccc5)n4)cc3)c1n2CC. The molecule has 7 aromatic rings. The number of benzene rings is 5. The van der Waals surface area contributed by atoms with Crippen LogP contribution in [0.5, 0.6) is 0 Å². The van der Waals surface area contributed by atoms with Gasteiger partial charge >= 0.3 is 0 Å². The van der Waals surface area contributed by atoms with Crippen LogP contribution < -0.4 is 0 Å². The molecule has 0 spiro atoms. The highest BCUT2D eigenvalue weighted by Gasteiger charge is 2.18. The van der Waals surface area contributed by atoms with Crippen LogP contribution in [0.15, 0.2) is 115 Å². The fourth-order valence-electron chi connectivity index (χ4n) is 6.69. The normalized spacial score (nSPS) is 11.5. The Bertz CT molecular complexity index is 2070. The maximum atomic E-state index is 4.96. The molecule has 2 aromatic heterocycles. The summed E-state index contributed by atoms with van der Waals surface area (Å²) in [5.74, 6) is 2.03. The van der Waals surface area contributed by atoms with Gasteiger partial charge in [0.15, 0.2) is 17.5 Å². The third kappa shape index (κ3) is 6.20. The van der Waals surface area contributed by atoms with E-state index in [0.717, 1.165) is 36.1 Å². The van der Waals surface area contributed by atoms with Crippen molar-refractivity contribution in [3.8, 4) is 45.3 Å². The maximum absolute atomic E-state index is 4.96. The van der Waals surface area contributed by atoms with Crippen molar-refractivity contribution in [2.45, 2.75) is 65.8 Å². The monoisotopic (exact) mass is 614 g/mol. The molecule has 0 N–H and O–H groups in total. The van der Waals surface area contributed by atoms with Crippen LogP contribution in [-0.2, 0) is 19.4 Å². The Morgan fingerprint density at radius 3 is 1.55 bits per heavy atom. The fraction of sp³-hybridized carbons (Fsp3) is 0.233. The first-order valence-electron chi connectivity index (χ1n) is 17.2. The highest BCUT2D eigenvalue weighted by atomic mass is 15.0.